The number of amides is 1. The summed E-state index contributed by atoms with van der Waals surface area (Å²) in [5.74, 6) is -0.183. The smallest absolute Gasteiger partial charge is 0.349 e. The standard InChI is InChI=1S/C18H19FN2O3/c1-11-9-15(12-3-2-8-20-10-12)24-18(23)16(11)17(22)21-14-6-4-13(19)5-7-14/h4-7,9,12,20H,2-3,8,10H2,1H3,(H,21,22). The molecule has 2 N–H and O–H groups in total. The topological polar surface area (TPSA) is 71.3 Å². The van der Waals surface area contributed by atoms with Crippen molar-refractivity contribution in [3.05, 3.63) is 63.5 Å². The van der Waals surface area contributed by atoms with Crippen molar-refractivity contribution < 1.29 is 13.6 Å². The molecule has 2 heterocycles. The van der Waals surface area contributed by atoms with Crippen LogP contribution in [0, 0.1) is 12.7 Å². The summed E-state index contributed by atoms with van der Waals surface area (Å²) < 4.78 is 18.3. The number of nitrogens with one attached hydrogen (secondary N) is 2. The van der Waals surface area contributed by atoms with Gasteiger partial charge in [0.2, 0.25) is 0 Å². The highest BCUT2D eigenvalue weighted by Gasteiger charge is 2.22. The molecule has 0 saturated carbocycles. The fourth-order valence-corrected chi connectivity index (χ4v) is 2.93. The lowest BCUT2D eigenvalue weighted by Gasteiger charge is -2.22. The number of carbonyl (C=O) groups is 1. The molecule has 126 valence electrons. The maximum Gasteiger partial charge on any atom is 0.349 e. The second kappa shape index (κ2) is 6.97. The highest BCUT2D eigenvalue weighted by molar-refractivity contribution is 6.04. The Bertz CT molecular complexity index is 793. The van der Waals surface area contributed by atoms with Crippen molar-refractivity contribution >= 4 is 11.6 Å². The fourth-order valence-electron chi connectivity index (χ4n) is 2.93. The second-order valence-corrected chi connectivity index (χ2v) is 6.00. The molecule has 1 saturated heterocycles. The van der Waals surface area contributed by atoms with Crippen LogP contribution >= 0.6 is 0 Å². The van der Waals surface area contributed by atoms with Crippen molar-refractivity contribution in [2.24, 2.45) is 0 Å². The molecule has 1 unspecified atom stereocenters. The van der Waals surface area contributed by atoms with Gasteiger partial charge in [0.05, 0.1) is 0 Å². The predicted molar refractivity (Wildman–Crippen MR) is 88.9 cm³/mol. The summed E-state index contributed by atoms with van der Waals surface area (Å²) in [6, 6.07) is 7.12. The number of aryl methyl sites for hydroxylation is 1. The normalized spacial score (nSPS) is 17.5. The van der Waals surface area contributed by atoms with Crippen molar-refractivity contribution in [1.82, 2.24) is 5.32 Å². The Kier molecular flexibility index (Phi) is 4.76. The van der Waals surface area contributed by atoms with Gasteiger partial charge in [0.1, 0.15) is 17.1 Å². The van der Waals surface area contributed by atoms with E-state index < -0.39 is 17.3 Å². The van der Waals surface area contributed by atoms with Crippen LogP contribution in [-0.4, -0.2) is 19.0 Å². The third-order valence-corrected chi connectivity index (χ3v) is 4.20. The minimum absolute atomic E-state index is 0.0214. The van der Waals surface area contributed by atoms with Crippen LogP contribution in [0.25, 0.3) is 0 Å². The molecular formula is C18H19FN2O3. The van der Waals surface area contributed by atoms with Crippen LogP contribution < -0.4 is 16.3 Å². The zero-order valence-electron chi connectivity index (χ0n) is 13.4. The van der Waals surface area contributed by atoms with Crippen LogP contribution in [0.4, 0.5) is 10.1 Å². The first-order valence-electron chi connectivity index (χ1n) is 7.97. The van der Waals surface area contributed by atoms with Gasteiger partial charge < -0.3 is 15.1 Å². The number of benzene rings is 1. The Labute approximate surface area is 138 Å². The Morgan fingerprint density at radius 3 is 2.71 bits per heavy atom. The quantitative estimate of drug-likeness (QED) is 0.908. The van der Waals surface area contributed by atoms with Crippen molar-refractivity contribution in [3.8, 4) is 0 Å². The average Bonchev–Trinajstić information content (AvgIpc) is 2.57. The number of rotatable bonds is 3. The van der Waals surface area contributed by atoms with E-state index in [9.17, 15) is 14.0 Å². The summed E-state index contributed by atoms with van der Waals surface area (Å²) in [5, 5.41) is 5.86. The number of carbonyl (C=O) groups excluding carboxylic acids is 1. The Morgan fingerprint density at radius 1 is 1.33 bits per heavy atom. The molecule has 0 aliphatic carbocycles. The van der Waals surface area contributed by atoms with Crippen LogP contribution in [0.2, 0.25) is 0 Å². The molecule has 3 rings (SSSR count). The van der Waals surface area contributed by atoms with Gasteiger partial charge >= 0.3 is 5.63 Å². The molecule has 24 heavy (non-hydrogen) atoms. The Morgan fingerprint density at radius 2 is 2.08 bits per heavy atom. The lowest BCUT2D eigenvalue weighted by atomic mass is 9.95. The zero-order valence-corrected chi connectivity index (χ0v) is 13.4. The summed E-state index contributed by atoms with van der Waals surface area (Å²) >= 11 is 0. The summed E-state index contributed by atoms with van der Waals surface area (Å²) in [7, 11) is 0. The van der Waals surface area contributed by atoms with Gasteiger partial charge in [-0.25, -0.2) is 9.18 Å². The van der Waals surface area contributed by atoms with Crippen molar-refractivity contribution in [2.45, 2.75) is 25.7 Å². The molecule has 1 amide bonds. The van der Waals surface area contributed by atoms with Gasteiger partial charge in [-0.15, -0.1) is 0 Å². The van der Waals surface area contributed by atoms with E-state index in [-0.39, 0.29) is 11.5 Å². The minimum atomic E-state index is -0.643. The Balaban J connectivity index is 1.83. The van der Waals surface area contributed by atoms with E-state index in [2.05, 4.69) is 10.6 Å². The maximum atomic E-state index is 12.9. The third-order valence-electron chi connectivity index (χ3n) is 4.20. The highest BCUT2D eigenvalue weighted by Crippen LogP contribution is 2.23. The van der Waals surface area contributed by atoms with Crippen LogP contribution in [0.1, 0.15) is 40.4 Å². The number of hydrogen-bond acceptors (Lipinski definition) is 4. The largest absolute Gasteiger partial charge is 0.427 e. The first kappa shape index (κ1) is 16.4. The molecule has 0 radical (unpaired) electrons. The van der Waals surface area contributed by atoms with Crippen LogP contribution in [0.5, 0.6) is 0 Å². The molecule has 1 aromatic carbocycles. The van der Waals surface area contributed by atoms with Crippen molar-refractivity contribution in [1.29, 1.82) is 0 Å². The highest BCUT2D eigenvalue weighted by atomic mass is 19.1. The third kappa shape index (κ3) is 3.54. The van der Waals surface area contributed by atoms with E-state index in [1.54, 1.807) is 13.0 Å². The van der Waals surface area contributed by atoms with E-state index >= 15 is 0 Å². The minimum Gasteiger partial charge on any atom is -0.427 e. The molecule has 1 aromatic heterocycles. The first-order valence-corrected chi connectivity index (χ1v) is 7.97. The molecule has 0 spiro atoms. The molecule has 1 atom stereocenters. The lowest BCUT2D eigenvalue weighted by molar-refractivity contribution is 0.102. The molecular weight excluding hydrogens is 311 g/mol. The number of hydrogen-bond donors (Lipinski definition) is 2. The van der Waals surface area contributed by atoms with Gasteiger partial charge in [-0.3, -0.25) is 4.79 Å². The molecule has 2 aromatic rings. The van der Waals surface area contributed by atoms with E-state index in [4.69, 9.17) is 4.42 Å². The van der Waals surface area contributed by atoms with Gasteiger partial charge in [0.15, 0.2) is 0 Å². The van der Waals surface area contributed by atoms with Crippen molar-refractivity contribution in [3.63, 3.8) is 0 Å². The predicted octanol–water partition coefficient (Wildman–Crippen LogP) is 2.81. The van der Waals surface area contributed by atoms with E-state index in [0.29, 0.717) is 17.0 Å². The molecule has 1 aliphatic heterocycles. The van der Waals surface area contributed by atoms with Crippen LogP contribution in [0.3, 0.4) is 0 Å². The summed E-state index contributed by atoms with van der Waals surface area (Å²) in [4.78, 5) is 24.6. The van der Waals surface area contributed by atoms with Gasteiger partial charge in [-0.05, 0) is 62.2 Å². The average molecular weight is 330 g/mol. The van der Waals surface area contributed by atoms with Crippen LogP contribution in [0.15, 0.2) is 39.5 Å². The number of anilines is 1. The van der Waals surface area contributed by atoms with Gasteiger partial charge in [-0.2, -0.15) is 0 Å². The molecule has 5 nitrogen and oxygen atoms in total. The summed E-state index contributed by atoms with van der Waals surface area (Å²) in [5.41, 5.74) is 0.328. The van der Waals surface area contributed by atoms with Crippen molar-refractivity contribution in [2.75, 3.05) is 18.4 Å². The maximum absolute atomic E-state index is 12.9. The SMILES string of the molecule is Cc1cc(C2CCCNC2)oc(=O)c1C(=O)Nc1ccc(F)cc1. The molecule has 6 heteroatoms. The van der Waals surface area contributed by atoms with E-state index in [0.717, 1.165) is 25.9 Å². The van der Waals surface area contributed by atoms with Gasteiger partial charge in [0.25, 0.3) is 5.91 Å². The first-order chi connectivity index (χ1) is 11.5. The van der Waals surface area contributed by atoms with E-state index in [1.165, 1.54) is 24.3 Å². The number of piperidine rings is 1. The number of halogens is 1. The molecule has 1 fully saturated rings. The van der Waals surface area contributed by atoms with Gasteiger partial charge in [0, 0.05) is 18.2 Å². The molecule has 1 aliphatic rings. The summed E-state index contributed by atoms with van der Waals surface area (Å²) in [6.07, 6.45) is 1.98. The van der Waals surface area contributed by atoms with Crippen LogP contribution in [-0.2, 0) is 0 Å². The molecule has 0 bridgehead atoms. The van der Waals surface area contributed by atoms with E-state index in [1.807, 2.05) is 0 Å². The van der Waals surface area contributed by atoms with Gasteiger partial charge in [-0.1, -0.05) is 0 Å². The fraction of sp³-hybridized carbons (Fsp3) is 0.333. The zero-order chi connectivity index (χ0) is 17.1. The summed E-state index contributed by atoms with van der Waals surface area (Å²) in [6.45, 7) is 3.46. The Hall–Kier alpha value is -2.47. The second-order valence-electron chi connectivity index (χ2n) is 6.00. The monoisotopic (exact) mass is 330 g/mol. The lowest BCUT2D eigenvalue weighted by Crippen LogP contribution is -2.30.